The van der Waals surface area contributed by atoms with Crippen LogP contribution in [0.2, 0.25) is 0 Å². The molecule has 0 saturated heterocycles. The number of hydrogen-bond donors (Lipinski definition) is 0. The predicted molar refractivity (Wildman–Crippen MR) is 154 cm³/mol. The van der Waals surface area contributed by atoms with Crippen molar-refractivity contribution in [1.29, 1.82) is 0 Å². The minimum atomic E-state index is -6.53. The van der Waals surface area contributed by atoms with E-state index in [9.17, 15) is 39.0 Å². The second kappa shape index (κ2) is 12.9. The van der Waals surface area contributed by atoms with E-state index in [0.29, 0.717) is 0 Å². The van der Waals surface area contributed by atoms with Crippen molar-refractivity contribution in [1.82, 2.24) is 0 Å². The van der Waals surface area contributed by atoms with Gasteiger partial charge in [0.2, 0.25) is 0 Å². The van der Waals surface area contributed by atoms with Gasteiger partial charge in [0.25, 0.3) is 10.1 Å². The fourth-order valence-electron chi connectivity index (χ4n) is 5.53. The summed E-state index contributed by atoms with van der Waals surface area (Å²) < 4.78 is 115. The van der Waals surface area contributed by atoms with Crippen molar-refractivity contribution in [2.45, 2.75) is 70.3 Å². The number of fused-ring (bicyclic) bond motifs is 2. The summed E-state index contributed by atoms with van der Waals surface area (Å²) in [5, 5.41) is -6.56. The zero-order valence-electron chi connectivity index (χ0n) is 23.4. The summed E-state index contributed by atoms with van der Waals surface area (Å²) in [7, 11) is -10.4. The maximum atomic E-state index is 14.0. The molecule has 0 radical (unpaired) electrons. The van der Waals surface area contributed by atoms with Gasteiger partial charge in [-0.15, -0.1) is 0 Å². The Morgan fingerprint density at radius 3 is 1.47 bits per heavy atom. The minimum absolute atomic E-state index is 0.0146. The van der Waals surface area contributed by atoms with Gasteiger partial charge in [-0.05, 0) is 81.3 Å². The van der Waals surface area contributed by atoms with Gasteiger partial charge in [0.15, 0.2) is 24.8 Å². The van der Waals surface area contributed by atoms with Gasteiger partial charge in [-0.3, -0.25) is 4.18 Å². The molecule has 0 aliphatic heterocycles. The van der Waals surface area contributed by atoms with E-state index >= 15 is 0 Å². The maximum absolute atomic E-state index is 14.0. The van der Waals surface area contributed by atoms with Crippen LogP contribution in [-0.2, 0) is 35.3 Å². The highest BCUT2D eigenvalue weighted by Gasteiger charge is 2.69. The van der Waals surface area contributed by atoms with Gasteiger partial charge in [0.1, 0.15) is 0 Å². The molecule has 2 aliphatic carbocycles. The molecule has 2 saturated carbocycles. The Kier molecular flexibility index (Phi) is 10.0. The third-order valence-corrected chi connectivity index (χ3v) is 12.5. The zero-order chi connectivity index (χ0) is 31.6. The Bertz CT molecular complexity index is 1480. The van der Waals surface area contributed by atoms with E-state index in [2.05, 4.69) is 91.0 Å². The Hall–Kier alpha value is -2.45. The first-order valence-electron chi connectivity index (χ1n) is 13.6. The molecule has 0 spiro atoms. The summed E-state index contributed by atoms with van der Waals surface area (Å²) in [5.41, 5.74) is 0. The van der Waals surface area contributed by atoms with Crippen LogP contribution in [0.4, 0.5) is 17.6 Å². The van der Waals surface area contributed by atoms with Crippen molar-refractivity contribution in [3.05, 3.63) is 91.0 Å². The Morgan fingerprint density at radius 2 is 1.14 bits per heavy atom. The molecule has 43 heavy (non-hydrogen) atoms. The second-order valence-corrected chi connectivity index (χ2v) is 16.4. The molecule has 3 aromatic carbocycles. The first kappa shape index (κ1) is 33.4. The first-order valence-corrected chi connectivity index (χ1v) is 17.7. The second-order valence-electron chi connectivity index (χ2n) is 10.8. The van der Waals surface area contributed by atoms with Gasteiger partial charge in [-0.25, -0.2) is 8.42 Å². The van der Waals surface area contributed by atoms with Gasteiger partial charge in [0.05, 0.1) is 22.2 Å². The van der Waals surface area contributed by atoms with Crippen molar-refractivity contribution < 1.29 is 43.1 Å². The van der Waals surface area contributed by atoms with Crippen LogP contribution in [-0.4, -0.2) is 43.9 Å². The molecule has 2 aliphatic rings. The van der Waals surface area contributed by atoms with E-state index in [4.69, 9.17) is 4.18 Å². The summed E-state index contributed by atoms with van der Waals surface area (Å²) in [6.07, 6.45) is -1.60. The summed E-state index contributed by atoms with van der Waals surface area (Å²) in [6, 6.07) is 32.2. The molecular formula is C30H32F4O6S3. The largest absolute Gasteiger partial charge is 0.743 e. The smallest absolute Gasteiger partial charge is 0.396 e. The van der Waals surface area contributed by atoms with Gasteiger partial charge < -0.3 is 4.55 Å². The SMILES string of the molecule is CC(C)S(=O)(=O)OC1CC2CC1CC2C(F)(F)C(F)(F)S(=O)(=O)[O-].c1ccc([S+](c2ccccc2)c2ccccc2)cc1. The quantitative estimate of drug-likeness (QED) is 0.110. The molecule has 6 nitrogen and oxygen atoms in total. The van der Waals surface area contributed by atoms with E-state index in [1.165, 1.54) is 28.5 Å². The molecule has 4 unspecified atom stereocenters. The average Bonchev–Trinajstić information content (AvgIpc) is 3.55. The first-order chi connectivity index (χ1) is 20.1. The van der Waals surface area contributed by atoms with Crippen molar-refractivity contribution >= 4 is 31.1 Å². The van der Waals surface area contributed by atoms with Crippen LogP contribution in [0.5, 0.6) is 0 Å². The number of benzene rings is 3. The topological polar surface area (TPSA) is 101 Å². The van der Waals surface area contributed by atoms with Crippen LogP contribution in [0, 0.1) is 17.8 Å². The third kappa shape index (κ3) is 7.11. The van der Waals surface area contributed by atoms with Gasteiger partial charge in [0, 0.05) is 5.92 Å². The van der Waals surface area contributed by atoms with Crippen LogP contribution in [0.25, 0.3) is 0 Å². The lowest BCUT2D eigenvalue weighted by Gasteiger charge is -2.37. The third-order valence-electron chi connectivity index (χ3n) is 7.73. The molecule has 2 bridgehead atoms. The highest BCUT2D eigenvalue weighted by atomic mass is 32.2. The molecule has 2 fully saturated rings. The van der Waals surface area contributed by atoms with E-state index in [1.807, 2.05) is 0 Å². The van der Waals surface area contributed by atoms with E-state index in [-0.39, 0.29) is 23.7 Å². The normalized spacial score (nSPS) is 22.4. The number of rotatable bonds is 9. The number of alkyl halides is 4. The summed E-state index contributed by atoms with van der Waals surface area (Å²) >= 11 is 0. The Labute approximate surface area is 252 Å². The van der Waals surface area contributed by atoms with Crippen molar-refractivity contribution in [3.63, 3.8) is 0 Å². The highest BCUT2D eigenvalue weighted by Crippen LogP contribution is 2.59. The molecule has 0 amide bonds. The van der Waals surface area contributed by atoms with Crippen molar-refractivity contribution in [2.75, 3.05) is 0 Å². The number of hydrogen-bond acceptors (Lipinski definition) is 6. The lowest BCUT2D eigenvalue weighted by Crippen LogP contribution is -2.53. The molecular weight excluding hydrogens is 629 g/mol. The molecule has 234 valence electrons. The lowest BCUT2D eigenvalue weighted by molar-refractivity contribution is -0.204. The molecule has 0 heterocycles. The van der Waals surface area contributed by atoms with Crippen LogP contribution < -0.4 is 0 Å². The molecule has 0 N–H and O–H groups in total. The standard InChI is InChI=1S/C18H15S.C12H18F4O6S2/c1-4-10-16(11-5-1)19(17-12-6-2-7-13-17)18-14-8-3-9-15-18;1-6(2)23(17,18)22-10-5-7-3-8(10)4-9(7)11(13,14)12(15,16)24(19,20)21/h1-15H;6-10H,3-5H2,1-2H3,(H,19,20,21)/q+1;/p-1. The highest BCUT2D eigenvalue weighted by molar-refractivity contribution is 7.97. The number of halogens is 4. The summed E-state index contributed by atoms with van der Waals surface area (Å²) in [4.78, 5) is 4.08. The van der Waals surface area contributed by atoms with Crippen LogP contribution in [0.15, 0.2) is 106 Å². The molecule has 0 aromatic heterocycles. The van der Waals surface area contributed by atoms with Crippen LogP contribution in [0.1, 0.15) is 33.1 Å². The van der Waals surface area contributed by atoms with Gasteiger partial charge >= 0.3 is 11.2 Å². The van der Waals surface area contributed by atoms with Gasteiger partial charge in [-0.2, -0.15) is 26.0 Å². The molecule has 4 atom stereocenters. The van der Waals surface area contributed by atoms with E-state index < -0.39 is 66.9 Å². The van der Waals surface area contributed by atoms with Gasteiger partial charge in [-0.1, -0.05) is 54.6 Å². The zero-order valence-corrected chi connectivity index (χ0v) is 25.8. The molecule has 13 heteroatoms. The summed E-state index contributed by atoms with van der Waals surface area (Å²) in [6.45, 7) is 2.75. The summed E-state index contributed by atoms with van der Waals surface area (Å²) in [5.74, 6) is -8.77. The van der Waals surface area contributed by atoms with Crippen LogP contribution in [0.3, 0.4) is 0 Å². The average molecular weight is 661 g/mol. The van der Waals surface area contributed by atoms with E-state index in [0.717, 1.165) is 0 Å². The monoisotopic (exact) mass is 660 g/mol. The lowest BCUT2D eigenvalue weighted by atomic mass is 9.83. The minimum Gasteiger partial charge on any atom is -0.743 e. The van der Waals surface area contributed by atoms with E-state index in [1.54, 1.807) is 0 Å². The fraction of sp³-hybridized carbons (Fsp3) is 0.400. The molecule has 5 rings (SSSR count). The van der Waals surface area contributed by atoms with Crippen LogP contribution >= 0.6 is 0 Å². The Balaban J connectivity index is 0.000000202. The fourth-order valence-corrected chi connectivity index (χ4v) is 8.92. The molecule has 3 aromatic rings. The van der Waals surface area contributed by atoms with Crippen molar-refractivity contribution in [3.8, 4) is 0 Å². The predicted octanol–water partition coefficient (Wildman–Crippen LogP) is 6.71. The Morgan fingerprint density at radius 1 is 0.721 bits per heavy atom. The van der Waals surface area contributed by atoms with Crippen molar-refractivity contribution in [2.24, 2.45) is 17.8 Å². The maximum Gasteiger partial charge on any atom is 0.396 e.